The number of primary amides is 1. The minimum atomic E-state index is -3.97. The first-order valence-electron chi connectivity index (χ1n) is 8.46. The van der Waals surface area contributed by atoms with Gasteiger partial charge in [-0.3, -0.25) is 9.59 Å². The van der Waals surface area contributed by atoms with Gasteiger partial charge in [-0.05, 0) is 37.1 Å². The van der Waals surface area contributed by atoms with Crippen LogP contribution in [-0.4, -0.2) is 38.4 Å². The Bertz CT molecular complexity index is 1000. The van der Waals surface area contributed by atoms with E-state index in [4.69, 9.17) is 10.5 Å². The summed E-state index contributed by atoms with van der Waals surface area (Å²) in [6, 6.07) is 6.38. The lowest BCUT2D eigenvalue weighted by atomic mass is 10.0. The van der Waals surface area contributed by atoms with Crippen LogP contribution in [0.3, 0.4) is 0 Å². The largest absolute Gasteiger partial charge is 0.493 e. The molecule has 0 spiro atoms. The molecule has 0 fully saturated rings. The van der Waals surface area contributed by atoms with Gasteiger partial charge in [0.05, 0.1) is 19.2 Å². The molecule has 28 heavy (non-hydrogen) atoms. The molecular weight excluding hydrogens is 452 g/mol. The van der Waals surface area contributed by atoms with Crippen molar-refractivity contribution in [3.8, 4) is 5.75 Å². The summed E-state index contributed by atoms with van der Waals surface area (Å²) in [5.74, 6) is -0.565. The summed E-state index contributed by atoms with van der Waals surface area (Å²) in [6.07, 6.45) is 2.56. The first-order valence-corrected chi connectivity index (χ1v) is 10.7. The second-order valence-corrected chi connectivity index (χ2v) is 8.91. The van der Waals surface area contributed by atoms with Crippen molar-refractivity contribution in [2.24, 2.45) is 5.73 Å². The number of aromatic nitrogens is 1. The van der Waals surface area contributed by atoms with E-state index in [0.29, 0.717) is 18.8 Å². The monoisotopic (exact) mass is 470 g/mol. The molecule has 1 aromatic carbocycles. The first kappa shape index (κ1) is 20.4. The minimum absolute atomic E-state index is 0.0366. The summed E-state index contributed by atoms with van der Waals surface area (Å²) < 4.78 is 33.3. The molecule has 1 aliphatic rings. The smallest absolute Gasteiger partial charge is 0.265 e. The molecule has 2 heterocycles. The lowest BCUT2D eigenvalue weighted by Crippen LogP contribution is -2.38. The van der Waals surface area contributed by atoms with Crippen LogP contribution in [0.4, 0.5) is 0 Å². The van der Waals surface area contributed by atoms with Crippen molar-refractivity contribution in [1.82, 2.24) is 15.0 Å². The fourth-order valence-electron chi connectivity index (χ4n) is 2.86. The van der Waals surface area contributed by atoms with Crippen LogP contribution in [-0.2, 0) is 14.8 Å². The molecule has 2 aromatic rings. The van der Waals surface area contributed by atoms with Crippen molar-refractivity contribution in [1.29, 1.82) is 0 Å². The number of hydrogen-bond acceptors (Lipinski definition) is 5. The number of nitrogens with one attached hydrogen (secondary N) is 3. The van der Waals surface area contributed by atoms with Crippen LogP contribution in [0.2, 0.25) is 0 Å². The molecule has 3 rings (SSSR count). The van der Waals surface area contributed by atoms with Crippen molar-refractivity contribution in [3.63, 3.8) is 0 Å². The van der Waals surface area contributed by atoms with Gasteiger partial charge in [0.25, 0.3) is 5.91 Å². The third-order valence-corrected chi connectivity index (χ3v) is 6.11. The maximum Gasteiger partial charge on any atom is 0.265 e. The molecule has 1 aliphatic heterocycles. The van der Waals surface area contributed by atoms with Gasteiger partial charge in [-0.2, -0.15) is 0 Å². The van der Waals surface area contributed by atoms with Gasteiger partial charge in [-0.15, -0.1) is 0 Å². The number of carbonyl (C=O) groups is 2. The number of hydrogen-bond donors (Lipinski definition) is 4. The number of H-pyrrole nitrogens is 1. The average molecular weight is 471 g/mol. The van der Waals surface area contributed by atoms with E-state index in [1.165, 1.54) is 0 Å². The number of fused-ring (bicyclic) bond motifs is 1. The Morgan fingerprint density at radius 3 is 2.82 bits per heavy atom. The zero-order valence-corrected chi connectivity index (χ0v) is 17.1. The molecule has 1 aromatic heterocycles. The van der Waals surface area contributed by atoms with E-state index in [1.807, 2.05) is 18.2 Å². The molecule has 5 N–H and O–H groups in total. The van der Waals surface area contributed by atoms with Gasteiger partial charge < -0.3 is 20.8 Å². The summed E-state index contributed by atoms with van der Waals surface area (Å²) in [7, 11) is -3.97. The summed E-state index contributed by atoms with van der Waals surface area (Å²) in [5, 5.41) is 2.84. The fraction of sp³-hybridized carbons (Fsp3) is 0.294. The quantitative estimate of drug-likeness (QED) is 0.501. The van der Waals surface area contributed by atoms with Gasteiger partial charge >= 0.3 is 0 Å². The van der Waals surface area contributed by atoms with Crippen molar-refractivity contribution in [2.75, 3.05) is 13.2 Å². The maximum absolute atomic E-state index is 12.3. The highest BCUT2D eigenvalue weighted by atomic mass is 79.9. The van der Waals surface area contributed by atoms with E-state index in [2.05, 4.69) is 31.0 Å². The van der Waals surface area contributed by atoms with Crippen LogP contribution in [0.5, 0.6) is 5.75 Å². The number of sulfonamides is 1. The van der Waals surface area contributed by atoms with Crippen LogP contribution in [0, 0.1) is 0 Å². The number of rotatable bonds is 6. The minimum Gasteiger partial charge on any atom is -0.493 e. The Morgan fingerprint density at radius 1 is 1.32 bits per heavy atom. The predicted octanol–water partition coefficient (Wildman–Crippen LogP) is 1.18. The second kappa shape index (κ2) is 8.33. The molecule has 11 heteroatoms. The molecule has 9 nitrogen and oxygen atoms in total. The molecule has 0 aliphatic carbocycles. The molecule has 0 saturated heterocycles. The van der Waals surface area contributed by atoms with Crippen molar-refractivity contribution in [2.45, 2.75) is 23.8 Å². The van der Waals surface area contributed by atoms with E-state index in [1.54, 1.807) is 0 Å². The number of aromatic amines is 1. The molecular formula is C17H19BrN4O5S. The number of halogens is 1. The third-order valence-electron chi connectivity index (χ3n) is 4.23. The Hall–Kier alpha value is -2.37. The first-order chi connectivity index (χ1) is 13.3. The molecule has 2 amide bonds. The Kier molecular flexibility index (Phi) is 6.06. The number of carbonyl (C=O) groups excluding carboxylic acids is 2. The number of benzene rings is 1. The van der Waals surface area contributed by atoms with E-state index in [0.717, 1.165) is 28.7 Å². The Balaban J connectivity index is 1.65. The van der Waals surface area contributed by atoms with Crippen LogP contribution in [0.25, 0.3) is 0 Å². The van der Waals surface area contributed by atoms with Crippen LogP contribution in [0.15, 0.2) is 39.8 Å². The van der Waals surface area contributed by atoms with E-state index in [9.17, 15) is 18.0 Å². The Labute approximate surface area is 170 Å². The van der Waals surface area contributed by atoms with Crippen LogP contribution in [0.1, 0.15) is 34.9 Å². The second-order valence-electron chi connectivity index (χ2n) is 6.23. The molecule has 150 valence electrons. The molecule has 1 unspecified atom stereocenters. The summed E-state index contributed by atoms with van der Waals surface area (Å²) >= 11 is 3.41. The van der Waals surface area contributed by atoms with Gasteiger partial charge in [0.15, 0.2) is 0 Å². The normalized spacial score (nSPS) is 16.5. The third kappa shape index (κ3) is 4.72. The van der Waals surface area contributed by atoms with E-state index in [-0.39, 0.29) is 16.6 Å². The highest BCUT2D eigenvalue weighted by molar-refractivity contribution is 9.10. The fourth-order valence-corrected chi connectivity index (χ4v) is 4.21. The van der Waals surface area contributed by atoms with E-state index < -0.39 is 28.4 Å². The summed E-state index contributed by atoms with van der Waals surface area (Å²) in [6.45, 7) is 0.101. The number of amides is 2. The Morgan fingerprint density at radius 2 is 2.11 bits per heavy atom. The van der Waals surface area contributed by atoms with Crippen molar-refractivity contribution >= 4 is 37.8 Å². The van der Waals surface area contributed by atoms with Gasteiger partial charge in [0.1, 0.15) is 16.3 Å². The lowest BCUT2D eigenvalue weighted by Gasteiger charge is -2.19. The number of nitrogens with two attached hydrogens (primary N) is 1. The average Bonchev–Trinajstić information content (AvgIpc) is 3.08. The highest BCUT2D eigenvalue weighted by Crippen LogP contribution is 2.33. The SMILES string of the molecule is NC(=O)c1cc(S(=O)(=O)NCC(=O)NC2CCCOc3ccc(Br)cc32)c[nH]1. The van der Waals surface area contributed by atoms with Crippen molar-refractivity contribution in [3.05, 3.63) is 46.2 Å². The van der Waals surface area contributed by atoms with Crippen LogP contribution >= 0.6 is 15.9 Å². The topological polar surface area (TPSA) is 143 Å². The maximum atomic E-state index is 12.3. The zero-order chi connectivity index (χ0) is 20.3. The molecule has 0 radical (unpaired) electrons. The summed E-state index contributed by atoms with van der Waals surface area (Å²) in [5.41, 5.74) is 5.89. The van der Waals surface area contributed by atoms with E-state index >= 15 is 0 Å². The van der Waals surface area contributed by atoms with Gasteiger partial charge in [-0.25, -0.2) is 13.1 Å². The van der Waals surface area contributed by atoms with Crippen LogP contribution < -0.4 is 20.5 Å². The molecule has 1 atom stereocenters. The predicted molar refractivity (Wildman–Crippen MR) is 104 cm³/mol. The zero-order valence-electron chi connectivity index (χ0n) is 14.7. The lowest BCUT2D eigenvalue weighted by molar-refractivity contribution is -0.120. The highest BCUT2D eigenvalue weighted by Gasteiger charge is 2.23. The van der Waals surface area contributed by atoms with Gasteiger partial charge in [0, 0.05) is 16.2 Å². The molecule has 0 saturated carbocycles. The summed E-state index contributed by atoms with van der Waals surface area (Å²) in [4.78, 5) is 25.7. The van der Waals surface area contributed by atoms with Gasteiger partial charge in [0.2, 0.25) is 15.9 Å². The molecule has 0 bridgehead atoms. The van der Waals surface area contributed by atoms with Crippen molar-refractivity contribution < 1.29 is 22.7 Å². The standard InChI is InChI=1S/C17H19BrN4O5S/c18-10-3-4-15-12(6-10)13(2-1-5-27-15)22-16(23)9-21-28(25,26)11-7-14(17(19)24)20-8-11/h3-4,6-8,13,20-21H,1-2,5,9H2,(H2,19,24)(H,22,23). The van der Waals surface area contributed by atoms with Gasteiger partial charge in [-0.1, -0.05) is 15.9 Å². The number of ether oxygens (including phenoxy) is 1.